The number of esters is 1. The van der Waals surface area contributed by atoms with Crippen molar-refractivity contribution in [3.8, 4) is 0 Å². The van der Waals surface area contributed by atoms with Crippen molar-refractivity contribution in [3.05, 3.63) is 53.3 Å². The van der Waals surface area contributed by atoms with E-state index in [-0.39, 0.29) is 5.97 Å². The van der Waals surface area contributed by atoms with Crippen molar-refractivity contribution >= 4 is 5.97 Å². The second-order valence-corrected chi connectivity index (χ2v) is 8.38. The molecule has 4 rings (SSSR count). The minimum Gasteiger partial charge on any atom is -0.464 e. The Hall–Kier alpha value is -2.18. The molecule has 28 heavy (non-hydrogen) atoms. The summed E-state index contributed by atoms with van der Waals surface area (Å²) >= 11 is 0. The molecular weight excluding hydrogens is 352 g/mol. The first kappa shape index (κ1) is 19.2. The number of likely N-dealkylation sites (tertiary alicyclic amines) is 2. The summed E-state index contributed by atoms with van der Waals surface area (Å²) in [4.78, 5) is 17.0. The van der Waals surface area contributed by atoms with Crippen LogP contribution in [0.15, 0.2) is 36.5 Å². The summed E-state index contributed by atoms with van der Waals surface area (Å²) in [7, 11) is 1.41. The molecule has 2 fully saturated rings. The number of ether oxygens (including phenoxy) is 1. The van der Waals surface area contributed by atoms with Gasteiger partial charge in [-0.2, -0.15) is 5.10 Å². The third-order valence-electron chi connectivity index (χ3n) is 6.23. The van der Waals surface area contributed by atoms with Crippen molar-refractivity contribution < 1.29 is 9.53 Å². The lowest BCUT2D eigenvalue weighted by atomic mass is 9.73. The van der Waals surface area contributed by atoms with Crippen LogP contribution in [0.2, 0.25) is 0 Å². The molecule has 1 aromatic carbocycles. The number of piperidine rings is 2. The zero-order valence-electron chi connectivity index (χ0n) is 16.7. The van der Waals surface area contributed by atoms with Crippen LogP contribution in [-0.4, -0.2) is 59.3 Å². The number of hydrogen-bond acceptors (Lipinski definition) is 5. The van der Waals surface area contributed by atoms with E-state index in [4.69, 9.17) is 4.74 Å². The molecule has 150 valence electrons. The summed E-state index contributed by atoms with van der Waals surface area (Å²) in [5.74, 6) is -0.342. The Morgan fingerprint density at radius 2 is 1.79 bits per heavy atom. The molecule has 0 bridgehead atoms. The van der Waals surface area contributed by atoms with E-state index in [1.165, 1.54) is 44.9 Å². The fourth-order valence-electron chi connectivity index (χ4n) is 5.02. The van der Waals surface area contributed by atoms with Crippen LogP contribution in [0.4, 0.5) is 0 Å². The first-order valence-corrected chi connectivity index (χ1v) is 10.3. The lowest BCUT2D eigenvalue weighted by Gasteiger charge is -2.48. The quantitative estimate of drug-likeness (QED) is 0.806. The SMILES string of the molecule is COC(=O)c1[nH]ncc1CN1CCCC2(CCCN(Cc3ccccc3)C2)C1. The second-order valence-electron chi connectivity index (χ2n) is 8.38. The van der Waals surface area contributed by atoms with E-state index in [0.29, 0.717) is 11.1 Å². The summed E-state index contributed by atoms with van der Waals surface area (Å²) in [6, 6.07) is 10.8. The molecule has 6 heteroatoms. The molecule has 0 saturated carbocycles. The minimum atomic E-state index is -0.342. The van der Waals surface area contributed by atoms with Crippen molar-refractivity contribution in [2.75, 3.05) is 33.3 Å². The maximum Gasteiger partial charge on any atom is 0.356 e. The summed E-state index contributed by atoms with van der Waals surface area (Å²) in [6.45, 7) is 6.30. The van der Waals surface area contributed by atoms with E-state index < -0.39 is 0 Å². The number of hydrogen-bond donors (Lipinski definition) is 1. The molecule has 2 aliphatic rings. The van der Waals surface area contributed by atoms with E-state index in [1.807, 2.05) is 0 Å². The Morgan fingerprint density at radius 1 is 1.11 bits per heavy atom. The summed E-state index contributed by atoms with van der Waals surface area (Å²) in [5.41, 5.74) is 3.17. The van der Waals surface area contributed by atoms with Crippen LogP contribution in [0.25, 0.3) is 0 Å². The van der Waals surface area contributed by atoms with Gasteiger partial charge in [0.1, 0.15) is 5.69 Å². The van der Waals surface area contributed by atoms with Crippen LogP contribution in [0.5, 0.6) is 0 Å². The molecule has 2 saturated heterocycles. The van der Waals surface area contributed by atoms with E-state index in [9.17, 15) is 4.79 Å². The molecule has 2 aromatic rings. The molecule has 0 radical (unpaired) electrons. The van der Waals surface area contributed by atoms with Crippen molar-refractivity contribution in [1.82, 2.24) is 20.0 Å². The number of methoxy groups -OCH3 is 1. The molecule has 1 unspecified atom stereocenters. The van der Waals surface area contributed by atoms with Crippen molar-refractivity contribution in [1.29, 1.82) is 0 Å². The highest BCUT2D eigenvalue weighted by molar-refractivity contribution is 5.88. The van der Waals surface area contributed by atoms with Gasteiger partial charge in [0.2, 0.25) is 0 Å². The van der Waals surface area contributed by atoms with Gasteiger partial charge in [-0.3, -0.25) is 14.9 Å². The summed E-state index contributed by atoms with van der Waals surface area (Å²) in [6.07, 6.45) is 6.83. The normalized spacial score (nSPS) is 23.8. The number of aromatic nitrogens is 2. The standard InChI is InChI=1S/C22H30N4O2/c1-28-21(27)20-19(13-23-24-20)15-26-12-6-10-22(17-26)9-5-11-25(16-22)14-18-7-3-2-4-8-18/h2-4,7-8,13H,5-6,9-12,14-17H2,1H3,(H,23,24). The van der Waals surface area contributed by atoms with Gasteiger partial charge < -0.3 is 4.74 Å². The fraction of sp³-hybridized carbons (Fsp3) is 0.545. The van der Waals surface area contributed by atoms with Gasteiger partial charge in [-0.1, -0.05) is 30.3 Å². The first-order valence-electron chi connectivity index (χ1n) is 10.3. The van der Waals surface area contributed by atoms with Crippen LogP contribution in [0.3, 0.4) is 0 Å². The van der Waals surface area contributed by atoms with Gasteiger partial charge in [-0.25, -0.2) is 4.79 Å². The van der Waals surface area contributed by atoms with Gasteiger partial charge >= 0.3 is 5.97 Å². The lowest BCUT2D eigenvalue weighted by Crippen LogP contribution is -2.51. The van der Waals surface area contributed by atoms with Gasteiger partial charge in [0, 0.05) is 31.7 Å². The molecule has 0 aliphatic carbocycles. The summed E-state index contributed by atoms with van der Waals surface area (Å²) in [5, 5.41) is 6.85. The Bertz CT molecular complexity index is 787. The number of nitrogens with zero attached hydrogens (tertiary/aromatic N) is 3. The molecule has 1 spiro atoms. The number of carbonyl (C=O) groups is 1. The Kier molecular flexibility index (Phi) is 5.78. The lowest BCUT2D eigenvalue weighted by molar-refractivity contribution is 0.00761. The number of carbonyl (C=O) groups excluding carboxylic acids is 1. The van der Waals surface area contributed by atoms with Crippen LogP contribution >= 0.6 is 0 Å². The zero-order valence-corrected chi connectivity index (χ0v) is 16.7. The second kappa shape index (κ2) is 8.45. The first-order chi connectivity index (χ1) is 13.7. The summed E-state index contributed by atoms with van der Waals surface area (Å²) < 4.78 is 4.87. The average Bonchev–Trinajstić information content (AvgIpc) is 3.16. The smallest absolute Gasteiger partial charge is 0.356 e. The van der Waals surface area contributed by atoms with Crippen LogP contribution in [0.1, 0.15) is 47.3 Å². The van der Waals surface area contributed by atoms with E-state index >= 15 is 0 Å². The molecule has 1 atom stereocenters. The number of benzene rings is 1. The van der Waals surface area contributed by atoms with Crippen molar-refractivity contribution in [2.45, 2.75) is 38.8 Å². The molecule has 1 aromatic heterocycles. The average molecular weight is 383 g/mol. The van der Waals surface area contributed by atoms with Gasteiger partial charge in [0.05, 0.1) is 13.3 Å². The third-order valence-corrected chi connectivity index (χ3v) is 6.23. The third kappa shape index (κ3) is 4.28. The molecule has 2 aliphatic heterocycles. The van der Waals surface area contributed by atoms with Crippen LogP contribution in [-0.2, 0) is 17.8 Å². The largest absolute Gasteiger partial charge is 0.464 e. The predicted molar refractivity (Wildman–Crippen MR) is 108 cm³/mol. The topological polar surface area (TPSA) is 61.5 Å². The minimum absolute atomic E-state index is 0.342. The van der Waals surface area contributed by atoms with Crippen molar-refractivity contribution in [3.63, 3.8) is 0 Å². The monoisotopic (exact) mass is 382 g/mol. The Balaban J connectivity index is 1.41. The van der Waals surface area contributed by atoms with E-state index in [1.54, 1.807) is 6.20 Å². The van der Waals surface area contributed by atoms with Gasteiger partial charge in [0.25, 0.3) is 0 Å². The van der Waals surface area contributed by atoms with Gasteiger partial charge in [0.15, 0.2) is 0 Å². The van der Waals surface area contributed by atoms with E-state index in [2.05, 4.69) is 50.3 Å². The highest BCUT2D eigenvalue weighted by Crippen LogP contribution is 2.39. The Labute approximate surface area is 166 Å². The van der Waals surface area contributed by atoms with Crippen LogP contribution < -0.4 is 0 Å². The molecule has 1 N–H and O–H groups in total. The number of aromatic amines is 1. The maximum absolute atomic E-state index is 11.9. The van der Waals surface area contributed by atoms with Gasteiger partial charge in [-0.05, 0) is 49.8 Å². The van der Waals surface area contributed by atoms with Crippen molar-refractivity contribution in [2.24, 2.45) is 5.41 Å². The molecule has 3 heterocycles. The van der Waals surface area contributed by atoms with Crippen LogP contribution in [0, 0.1) is 5.41 Å². The zero-order chi connectivity index (χ0) is 19.4. The highest BCUT2D eigenvalue weighted by Gasteiger charge is 2.39. The predicted octanol–water partition coefficient (Wildman–Crippen LogP) is 3.07. The number of H-pyrrole nitrogens is 1. The molecule has 6 nitrogen and oxygen atoms in total. The number of rotatable bonds is 5. The highest BCUT2D eigenvalue weighted by atomic mass is 16.5. The van der Waals surface area contributed by atoms with E-state index in [0.717, 1.165) is 38.3 Å². The molecular formula is C22H30N4O2. The maximum atomic E-state index is 11.9. The molecule has 0 amide bonds. The van der Waals surface area contributed by atoms with Gasteiger partial charge in [-0.15, -0.1) is 0 Å². The fourth-order valence-corrected chi connectivity index (χ4v) is 5.02. The Morgan fingerprint density at radius 3 is 2.46 bits per heavy atom. The number of nitrogens with one attached hydrogen (secondary N) is 1.